The van der Waals surface area contributed by atoms with Crippen LogP contribution >= 0.6 is 0 Å². The maximum atomic E-state index is 13.7. The van der Waals surface area contributed by atoms with Crippen LogP contribution in [-0.2, 0) is 23.7 Å². The van der Waals surface area contributed by atoms with Crippen molar-refractivity contribution in [3.63, 3.8) is 0 Å². The van der Waals surface area contributed by atoms with E-state index in [1.165, 1.54) is 57.4 Å². The van der Waals surface area contributed by atoms with E-state index in [1.54, 1.807) is 30.6 Å². The number of ether oxygens (including phenoxy) is 4. The van der Waals surface area contributed by atoms with Gasteiger partial charge in [0.25, 0.3) is 0 Å². The molecule has 0 bridgehead atoms. The van der Waals surface area contributed by atoms with Gasteiger partial charge in [-0.15, -0.1) is 0 Å². The highest BCUT2D eigenvalue weighted by Crippen LogP contribution is 2.67. The molecule has 3 N–H and O–H groups in total. The van der Waals surface area contributed by atoms with Crippen molar-refractivity contribution < 1.29 is 38.1 Å². The summed E-state index contributed by atoms with van der Waals surface area (Å²) in [6.45, 7) is 31.9. The maximum Gasteiger partial charge on any atom is 0.410 e. The Morgan fingerprint density at radius 2 is 1.32 bits per heavy atom. The van der Waals surface area contributed by atoms with Crippen molar-refractivity contribution in [2.45, 2.75) is 229 Å². The third kappa shape index (κ3) is 15.6. The monoisotopic (exact) mass is 929 g/mol. The Hall–Kier alpha value is -2.86. The minimum absolute atomic E-state index is 0.130. The van der Waals surface area contributed by atoms with E-state index >= 15 is 0 Å². The van der Waals surface area contributed by atoms with Crippen LogP contribution in [0.3, 0.4) is 0 Å². The summed E-state index contributed by atoms with van der Waals surface area (Å²) in [5, 5.41) is 2.75. The van der Waals surface area contributed by atoms with Crippen LogP contribution in [0.2, 0.25) is 0 Å². The second kappa shape index (κ2) is 22.7. The number of amides is 3. The number of hydrogen-bond acceptors (Lipinski definition) is 9. The molecular weight excluding hydrogens is 833 g/mol. The number of alkyl carbamates (subject to hydrolysis) is 1. The second-order valence-electron chi connectivity index (χ2n) is 24.9. The summed E-state index contributed by atoms with van der Waals surface area (Å²) in [6.07, 6.45) is 16.0. The van der Waals surface area contributed by atoms with Crippen LogP contribution in [0.15, 0.2) is 11.6 Å². The number of carbonyl (C=O) groups excluding carboxylic acids is 4. The lowest BCUT2D eigenvalue weighted by Gasteiger charge is -2.58. The van der Waals surface area contributed by atoms with Crippen LogP contribution in [-0.4, -0.2) is 95.2 Å². The summed E-state index contributed by atoms with van der Waals surface area (Å²) in [5.74, 6) is 4.37. The van der Waals surface area contributed by atoms with Crippen molar-refractivity contribution in [3.8, 4) is 0 Å². The molecule has 0 aliphatic heterocycles. The molecule has 3 saturated carbocycles. The molecule has 3 fully saturated rings. The first kappa shape index (κ1) is 55.7. The fraction of sp³-hybridized carbons (Fsp3) is 0.889. The number of unbranched alkanes of at least 4 members (excludes halogenated alkanes) is 1. The van der Waals surface area contributed by atoms with Crippen LogP contribution in [0.5, 0.6) is 0 Å². The molecule has 12 heteroatoms. The van der Waals surface area contributed by atoms with Gasteiger partial charge in [0.15, 0.2) is 11.5 Å². The highest BCUT2D eigenvalue weighted by molar-refractivity contribution is 5.84. The summed E-state index contributed by atoms with van der Waals surface area (Å²) in [5.41, 5.74) is 5.43. The quantitative estimate of drug-likeness (QED) is 0.0526. The topological polar surface area (TPSA) is 150 Å². The Morgan fingerprint density at radius 3 is 1.88 bits per heavy atom. The molecule has 3 amide bonds. The number of Topliss-reactive ketones (excluding diaryl/α,β-unsaturated/α-hetero) is 1. The maximum absolute atomic E-state index is 13.7. The van der Waals surface area contributed by atoms with Crippen molar-refractivity contribution in [2.24, 2.45) is 52.1 Å². The average Bonchev–Trinajstić information content (AvgIpc) is 3.53. The number of nitrogens with zero attached hydrogens (tertiary/aromatic N) is 2. The number of nitrogens with one attached hydrogen (secondary N) is 1. The minimum Gasteiger partial charge on any atom is -0.444 e. The van der Waals surface area contributed by atoms with Gasteiger partial charge in [0.2, 0.25) is 0 Å². The zero-order valence-electron chi connectivity index (χ0n) is 44.5. The van der Waals surface area contributed by atoms with E-state index in [2.05, 4.69) is 46.0 Å². The number of fused-ring (bicyclic) bond motifs is 5. The number of ketones is 1. The van der Waals surface area contributed by atoms with E-state index in [1.807, 2.05) is 41.5 Å². The molecule has 4 aliphatic carbocycles. The van der Waals surface area contributed by atoms with Gasteiger partial charge in [-0.25, -0.2) is 14.4 Å². The van der Waals surface area contributed by atoms with Gasteiger partial charge in [-0.2, -0.15) is 0 Å². The predicted octanol–water partition coefficient (Wildman–Crippen LogP) is 12.2. The van der Waals surface area contributed by atoms with Crippen LogP contribution in [0.4, 0.5) is 14.4 Å². The molecular formula is C54H96N4O8. The number of rotatable bonds is 20. The van der Waals surface area contributed by atoms with E-state index in [0.717, 1.165) is 55.3 Å². The van der Waals surface area contributed by atoms with E-state index in [4.69, 9.17) is 24.7 Å². The molecule has 0 aromatic rings. The normalized spacial score (nSPS) is 27.9. The first-order chi connectivity index (χ1) is 30.5. The summed E-state index contributed by atoms with van der Waals surface area (Å²) < 4.78 is 23.6. The molecule has 66 heavy (non-hydrogen) atoms. The van der Waals surface area contributed by atoms with Gasteiger partial charge in [0.1, 0.15) is 16.8 Å². The van der Waals surface area contributed by atoms with E-state index in [-0.39, 0.29) is 30.3 Å². The van der Waals surface area contributed by atoms with Gasteiger partial charge in [0, 0.05) is 39.1 Å². The fourth-order valence-electron chi connectivity index (χ4n) is 12.3. The number of carbonyl (C=O) groups is 4. The molecule has 0 heterocycles. The predicted molar refractivity (Wildman–Crippen MR) is 264 cm³/mol. The Bertz CT molecular complexity index is 1660. The molecule has 12 nitrogen and oxygen atoms in total. The van der Waals surface area contributed by atoms with Crippen molar-refractivity contribution >= 4 is 24.1 Å². The van der Waals surface area contributed by atoms with Gasteiger partial charge in [0.05, 0.1) is 6.10 Å². The van der Waals surface area contributed by atoms with Crippen molar-refractivity contribution in [2.75, 3.05) is 32.7 Å². The first-order valence-electron chi connectivity index (χ1n) is 26.1. The zero-order valence-corrected chi connectivity index (χ0v) is 44.5. The standard InChI is InChI=1S/C54H96N4O8/c1-37(2)20-18-21-38(3)43-24-25-44-42-23-22-40-36-41(26-28-52(40,14)45(42)27-29-53(43,44)15)63-54(55,39(4)59)30-35-58(48(62)66-51(11,12)13)33-17-16-32-57(47(61)65-50(8,9)10)34-19-31-56-46(60)64-49(5,6)7/h22,37-38,41-45H,16-21,23-36,55H2,1-15H3,(H,56,60)/t38-,41?,42?,43-,44?,45?,52+,53-,54?/m1/s1. The summed E-state index contributed by atoms with van der Waals surface area (Å²) >= 11 is 0. The smallest absolute Gasteiger partial charge is 0.410 e. The number of allylic oxidation sites excluding steroid dienone is 1. The Balaban J connectivity index is 1.37. The third-order valence-corrected chi connectivity index (χ3v) is 15.7. The molecule has 0 aromatic carbocycles. The van der Waals surface area contributed by atoms with E-state index in [0.29, 0.717) is 56.8 Å². The van der Waals surface area contributed by atoms with Crippen molar-refractivity contribution in [1.29, 1.82) is 0 Å². The highest BCUT2D eigenvalue weighted by atomic mass is 16.6. The summed E-state index contributed by atoms with van der Waals surface area (Å²) in [4.78, 5) is 55.7. The Morgan fingerprint density at radius 1 is 0.742 bits per heavy atom. The van der Waals surface area contributed by atoms with Crippen molar-refractivity contribution in [3.05, 3.63) is 11.6 Å². The molecule has 0 aromatic heterocycles. The summed E-state index contributed by atoms with van der Waals surface area (Å²) in [6, 6.07) is 0. The molecule has 9 atom stereocenters. The van der Waals surface area contributed by atoms with E-state index < -0.39 is 40.8 Å². The van der Waals surface area contributed by atoms with E-state index in [9.17, 15) is 19.2 Å². The molecule has 0 radical (unpaired) electrons. The fourth-order valence-corrected chi connectivity index (χ4v) is 12.3. The van der Waals surface area contributed by atoms with Crippen LogP contribution in [0, 0.1) is 46.3 Å². The van der Waals surface area contributed by atoms with Gasteiger partial charge in [-0.05, 0) is 186 Å². The minimum atomic E-state index is -1.56. The largest absolute Gasteiger partial charge is 0.444 e. The van der Waals surface area contributed by atoms with Gasteiger partial charge >= 0.3 is 18.3 Å². The molecule has 0 saturated heterocycles. The number of nitrogens with two attached hydrogens (primary N) is 1. The Labute approximate surface area is 401 Å². The van der Waals surface area contributed by atoms with Crippen molar-refractivity contribution in [1.82, 2.24) is 15.1 Å². The van der Waals surface area contributed by atoms with Crippen LogP contribution in [0.25, 0.3) is 0 Å². The number of hydrogen-bond donors (Lipinski definition) is 2. The Kier molecular flexibility index (Phi) is 19.2. The lowest BCUT2D eigenvalue weighted by Crippen LogP contribution is -2.55. The van der Waals surface area contributed by atoms with Crippen LogP contribution < -0.4 is 11.1 Å². The van der Waals surface area contributed by atoms with Crippen LogP contribution in [0.1, 0.15) is 200 Å². The van der Waals surface area contributed by atoms with Gasteiger partial charge < -0.3 is 34.1 Å². The molecule has 5 unspecified atom stereocenters. The summed E-state index contributed by atoms with van der Waals surface area (Å²) in [7, 11) is 0. The second-order valence-corrected chi connectivity index (χ2v) is 24.9. The molecule has 380 valence electrons. The highest BCUT2D eigenvalue weighted by Gasteiger charge is 2.59. The zero-order chi connectivity index (χ0) is 49.5. The molecule has 0 spiro atoms. The lowest BCUT2D eigenvalue weighted by molar-refractivity contribution is -0.157. The first-order valence-corrected chi connectivity index (χ1v) is 26.1. The van der Waals surface area contributed by atoms with Gasteiger partial charge in [-0.3, -0.25) is 10.5 Å². The van der Waals surface area contributed by atoms with Gasteiger partial charge in [-0.1, -0.05) is 65.5 Å². The molecule has 4 aliphatic rings. The lowest BCUT2D eigenvalue weighted by atomic mass is 9.47. The average molecular weight is 929 g/mol. The third-order valence-electron chi connectivity index (χ3n) is 15.7. The SMILES string of the molecule is CC(=O)C(N)(CCN(CCCCN(CCCNC(=O)OC(C)(C)C)C(=O)OC(C)(C)C)C(=O)OC(C)(C)C)OC1CC[C@@]2(C)C(=CCC3C2CC[C@@]2(C)C3CC[C@@H]2[C@H](C)CCCC(C)C)C1. The molecule has 4 rings (SSSR count).